The summed E-state index contributed by atoms with van der Waals surface area (Å²) in [7, 11) is 1.98. The van der Waals surface area contributed by atoms with Crippen molar-refractivity contribution >= 4 is 5.91 Å². The summed E-state index contributed by atoms with van der Waals surface area (Å²) in [5.41, 5.74) is 4.80. The molecule has 1 aromatic carbocycles. The Morgan fingerprint density at radius 2 is 2.04 bits per heavy atom. The number of benzene rings is 1. The van der Waals surface area contributed by atoms with Gasteiger partial charge in [0.15, 0.2) is 0 Å². The molecule has 1 unspecified atom stereocenters. The van der Waals surface area contributed by atoms with Crippen molar-refractivity contribution in [2.45, 2.75) is 45.7 Å². The van der Waals surface area contributed by atoms with Gasteiger partial charge in [0, 0.05) is 50.4 Å². The summed E-state index contributed by atoms with van der Waals surface area (Å²) < 4.78 is 1.93. The molecule has 5 nitrogen and oxygen atoms in total. The number of aryl methyl sites for hydroxylation is 3. The minimum atomic E-state index is 0.266. The minimum absolute atomic E-state index is 0.266. The van der Waals surface area contributed by atoms with E-state index in [4.69, 9.17) is 0 Å². The minimum Gasteiger partial charge on any atom is -0.341 e. The lowest BCUT2D eigenvalue weighted by molar-refractivity contribution is -0.130. The normalized spacial score (nSPS) is 17.2. The van der Waals surface area contributed by atoms with Crippen LogP contribution in [0.3, 0.4) is 0 Å². The number of carbonyl (C=O) groups is 1. The van der Waals surface area contributed by atoms with E-state index < -0.39 is 0 Å². The van der Waals surface area contributed by atoms with E-state index in [0.717, 1.165) is 38.2 Å². The van der Waals surface area contributed by atoms with Crippen molar-refractivity contribution in [3.63, 3.8) is 0 Å². The fraction of sp³-hybridized carbons (Fsp3) is 0.500. The number of nitrogens with one attached hydrogen (secondary N) is 1. The van der Waals surface area contributed by atoms with Crippen LogP contribution in [0.4, 0.5) is 0 Å². The van der Waals surface area contributed by atoms with Gasteiger partial charge in [-0.1, -0.05) is 30.3 Å². The van der Waals surface area contributed by atoms with Gasteiger partial charge in [-0.05, 0) is 32.3 Å². The predicted octanol–water partition coefficient (Wildman–Crippen LogP) is 2.36. The number of hydrogen-bond acceptors (Lipinski definition) is 3. The van der Waals surface area contributed by atoms with Crippen LogP contribution in [0.5, 0.6) is 0 Å². The van der Waals surface area contributed by atoms with Crippen molar-refractivity contribution < 1.29 is 4.79 Å². The molecule has 1 atom stereocenters. The first kappa shape index (κ1) is 17.7. The highest BCUT2D eigenvalue weighted by atomic mass is 16.2. The van der Waals surface area contributed by atoms with Gasteiger partial charge in [0.2, 0.25) is 5.91 Å². The SMILES string of the molecule is Cc1nn(C)c(C)c1CNC1CCN(C(=O)CCc2ccccc2)C1. The van der Waals surface area contributed by atoms with Crippen LogP contribution in [0, 0.1) is 13.8 Å². The lowest BCUT2D eigenvalue weighted by Gasteiger charge is -2.17. The van der Waals surface area contributed by atoms with Gasteiger partial charge in [-0.25, -0.2) is 0 Å². The van der Waals surface area contributed by atoms with Crippen LogP contribution in [-0.2, 0) is 24.8 Å². The van der Waals surface area contributed by atoms with E-state index in [9.17, 15) is 4.79 Å². The summed E-state index contributed by atoms with van der Waals surface area (Å²) in [6, 6.07) is 10.6. The van der Waals surface area contributed by atoms with E-state index in [2.05, 4.69) is 36.4 Å². The molecular weight excluding hydrogens is 312 g/mol. The molecule has 1 aromatic heterocycles. The quantitative estimate of drug-likeness (QED) is 0.878. The first-order valence-electron chi connectivity index (χ1n) is 9.08. The Labute approximate surface area is 150 Å². The van der Waals surface area contributed by atoms with E-state index in [-0.39, 0.29) is 5.91 Å². The van der Waals surface area contributed by atoms with Gasteiger partial charge < -0.3 is 10.2 Å². The highest BCUT2D eigenvalue weighted by molar-refractivity contribution is 5.76. The van der Waals surface area contributed by atoms with Crippen molar-refractivity contribution in [2.24, 2.45) is 7.05 Å². The second kappa shape index (κ2) is 7.83. The second-order valence-corrected chi connectivity index (χ2v) is 6.96. The van der Waals surface area contributed by atoms with Crippen molar-refractivity contribution in [3.8, 4) is 0 Å². The van der Waals surface area contributed by atoms with Crippen molar-refractivity contribution in [2.75, 3.05) is 13.1 Å². The van der Waals surface area contributed by atoms with Crippen molar-refractivity contribution in [1.29, 1.82) is 0 Å². The van der Waals surface area contributed by atoms with Gasteiger partial charge in [-0.3, -0.25) is 9.48 Å². The molecule has 25 heavy (non-hydrogen) atoms. The summed E-state index contributed by atoms with van der Waals surface area (Å²) in [5, 5.41) is 8.07. The van der Waals surface area contributed by atoms with Gasteiger partial charge in [-0.2, -0.15) is 5.10 Å². The molecule has 0 bridgehead atoms. The third kappa shape index (κ3) is 4.28. The summed E-state index contributed by atoms with van der Waals surface area (Å²) >= 11 is 0. The molecule has 0 radical (unpaired) electrons. The maximum Gasteiger partial charge on any atom is 0.222 e. The predicted molar refractivity (Wildman–Crippen MR) is 99.3 cm³/mol. The van der Waals surface area contributed by atoms with Crippen LogP contribution in [0.15, 0.2) is 30.3 Å². The maximum absolute atomic E-state index is 12.4. The molecule has 1 aliphatic rings. The largest absolute Gasteiger partial charge is 0.341 e. The molecule has 2 aromatic rings. The smallest absolute Gasteiger partial charge is 0.222 e. The summed E-state index contributed by atoms with van der Waals surface area (Å²) in [5.74, 6) is 0.266. The van der Waals surface area contributed by atoms with E-state index in [0.29, 0.717) is 12.5 Å². The number of aromatic nitrogens is 2. The topological polar surface area (TPSA) is 50.2 Å². The van der Waals surface area contributed by atoms with Crippen LogP contribution >= 0.6 is 0 Å². The lowest BCUT2D eigenvalue weighted by atomic mass is 10.1. The number of carbonyl (C=O) groups excluding carboxylic acids is 1. The molecule has 2 heterocycles. The zero-order chi connectivity index (χ0) is 17.8. The van der Waals surface area contributed by atoms with Crippen LogP contribution in [0.1, 0.15) is 35.4 Å². The number of likely N-dealkylation sites (tertiary alicyclic amines) is 1. The van der Waals surface area contributed by atoms with Gasteiger partial charge in [0.25, 0.3) is 0 Å². The molecule has 5 heteroatoms. The second-order valence-electron chi connectivity index (χ2n) is 6.96. The molecule has 1 fully saturated rings. The molecule has 134 valence electrons. The number of amides is 1. The highest BCUT2D eigenvalue weighted by Crippen LogP contribution is 2.15. The first-order valence-corrected chi connectivity index (χ1v) is 9.08. The molecule has 1 amide bonds. The Bertz CT molecular complexity index is 723. The summed E-state index contributed by atoms with van der Waals surface area (Å²) in [4.78, 5) is 14.4. The third-order valence-corrected chi connectivity index (χ3v) is 5.24. The van der Waals surface area contributed by atoms with Gasteiger partial charge in [0.05, 0.1) is 5.69 Å². The standard InChI is InChI=1S/C20H28N4O/c1-15-19(16(2)23(3)22-15)13-21-18-11-12-24(14-18)20(25)10-9-17-7-5-4-6-8-17/h4-8,18,21H,9-14H2,1-3H3. The van der Waals surface area contributed by atoms with Crippen LogP contribution in [-0.4, -0.2) is 39.7 Å². The zero-order valence-corrected chi connectivity index (χ0v) is 15.5. The fourth-order valence-electron chi connectivity index (χ4n) is 3.53. The molecule has 0 spiro atoms. The molecule has 0 saturated carbocycles. The Hall–Kier alpha value is -2.14. The summed E-state index contributed by atoms with van der Waals surface area (Å²) in [6.45, 7) is 6.65. The number of nitrogens with zero attached hydrogens (tertiary/aromatic N) is 3. The molecule has 1 N–H and O–H groups in total. The van der Waals surface area contributed by atoms with Gasteiger partial charge in [0.1, 0.15) is 0 Å². The van der Waals surface area contributed by atoms with E-state index in [1.807, 2.05) is 34.8 Å². The van der Waals surface area contributed by atoms with Crippen LogP contribution in [0.2, 0.25) is 0 Å². The van der Waals surface area contributed by atoms with E-state index >= 15 is 0 Å². The molecule has 3 rings (SSSR count). The monoisotopic (exact) mass is 340 g/mol. The van der Waals surface area contributed by atoms with E-state index in [1.165, 1.54) is 16.8 Å². The molecule has 0 aliphatic carbocycles. The average Bonchev–Trinajstić information content (AvgIpc) is 3.18. The van der Waals surface area contributed by atoms with Crippen molar-refractivity contribution in [1.82, 2.24) is 20.0 Å². The molecule has 1 saturated heterocycles. The van der Waals surface area contributed by atoms with Crippen molar-refractivity contribution in [3.05, 3.63) is 52.8 Å². The maximum atomic E-state index is 12.4. The summed E-state index contributed by atoms with van der Waals surface area (Å²) in [6.07, 6.45) is 2.44. The highest BCUT2D eigenvalue weighted by Gasteiger charge is 2.26. The fourth-order valence-corrected chi connectivity index (χ4v) is 3.53. The third-order valence-electron chi connectivity index (χ3n) is 5.24. The van der Waals surface area contributed by atoms with Gasteiger partial charge in [-0.15, -0.1) is 0 Å². The van der Waals surface area contributed by atoms with Crippen LogP contribution in [0.25, 0.3) is 0 Å². The van der Waals surface area contributed by atoms with Gasteiger partial charge >= 0.3 is 0 Å². The Balaban J connectivity index is 1.46. The van der Waals surface area contributed by atoms with Crippen LogP contribution < -0.4 is 5.32 Å². The average molecular weight is 340 g/mol. The first-order chi connectivity index (χ1) is 12.0. The Morgan fingerprint density at radius 3 is 2.72 bits per heavy atom. The molecule has 1 aliphatic heterocycles. The molecular formula is C20H28N4O. The lowest BCUT2D eigenvalue weighted by Crippen LogP contribution is -2.35. The number of hydrogen-bond donors (Lipinski definition) is 1. The Kier molecular flexibility index (Phi) is 5.53. The zero-order valence-electron chi connectivity index (χ0n) is 15.5. The Morgan fingerprint density at radius 1 is 1.28 bits per heavy atom. The van der Waals surface area contributed by atoms with E-state index in [1.54, 1.807) is 0 Å². The number of rotatable bonds is 6.